The second-order valence-corrected chi connectivity index (χ2v) is 4.81. The SMILES string of the molecule is CCCc1nsc(SCCC(=O)O)n1. The predicted octanol–water partition coefficient (Wildman–Crippen LogP) is 2.06. The van der Waals surface area contributed by atoms with Crippen molar-refractivity contribution in [2.45, 2.75) is 30.5 Å². The van der Waals surface area contributed by atoms with Gasteiger partial charge in [0.1, 0.15) is 5.82 Å². The molecular formula is C8H12N2O2S2. The molecule has 1 rings (SSSR count). The Labute approximate surface area is 90.9 Å². The van der Waals surface area contributed by atoms with E-state index in [1.807, 2.05) is 0 Å². The molecule has 0 radical (unpaired) electrons. The number of carboxylic acids is 1. The Bertz CT molecular complexity index is 301. The molecule has 4 nitrogen and oxygen atoms in total. The number of carbonyl (C=O) groups is 1. The lowest BCUT2D eigenvalue weighted by Gasteiger charge is -1.91. The summed E-state index contributed by atoms with van der Waals surface area (Å²) in [6.45, 7) is 2.08. The van der Waals surface area contributed by atoms with Crippen molar-refractivity contribution in [3.05, 3.63) is 5.82 Å². The van der Waals surface area contributed by atoms with E-state index < -0.39 is 5.97 Å². The Morgan fingerprint density at radius 1 is 1.64 bits per heavy atom. The highest BCUT2D eigenvalue weighted by Gasteiger charge is 2.04. The zero-order chi connectivity index (χ0) is 10.4. The standard InChI is InChI=1S/C8H12N2O2S2/c1-2-3-6-9-8(14-10-6)13-5-4-7(11)12/h2-5H2,1H3,(H,11,12). The maximum absolute atomic E-state index is 10.3. The molecule has 1 heterocycles. The summed E-state index contributed by atoms with van der Waals surface area (Å²) in [6, 6.07) is 0. The highest BCUT2D eigenvalue weighted by Crippen LogP contribution is 2.21. The fourth-order valence-electron chi connectivity index (χ4n) is 0.847. The number of aliphatic carboxylic acids is 1. The van der Waals surface area contributed by atoms with Gasteiger partial charge in [-0.1, -0.05) is 18.7 Å². The van der Waals surface area contributed by atoms with E-state index in [9.17, 15) is 4.79 Å². The van der Waals surface area contributed by atoms with Crippen molar-refractivity contribution in [2.75, 3.05) is 5.75 Å². The van der Waals surface area contributed by atoms with Crippen LogP contribution < -0.4 is 0 Å². The monoisotopic (exact) mass is 232 g/mol. The minimum absolute atomic E-state index is 0.174. The van der Waals surface area contributed by atoms with Gasteiger partial charge >= 0.3 is 5.97 Å². The third-order valence-corrected chi connectivity index (χ3v) is 3.34. The lowest BCUT2D eigenvalue weighted by Crippen LogP contribution is -1.95. The van der Waals surface area contributed by atoms with Crippen LogP contribution in [0.1, 0.15) is 25.6 Å². The van der Waals surface area contributed by atoms with Crippen LogP contribution in [-0.4, -0.2) is 26.2 Å². The molecule has 1 aromatic heterocycles. The fraction of sp³-hybridized carbons (Fsp3) is 0.625. The Morgan fingerprint density at radius 2 is 2.43 bits per heavy atom. The Kier molecular flexibility index (Phi) is 4.89. The summed E-state index contributed by atoms with van der Waals surface area (Å²) in [4.78, 5) is 14.5. The molecule has 0 aromatic carbocycles. The van der Waals surface area contributed by atoms with Crippen LogP contribution in [0.3, 0.4) is 0 Å². The molecule has 0 aliphatic heterocycles. The average molecular weight is 232 g/mol. The first-order valence-electron chi connectivity index (χ1n) is 4.39. The van der Waals surface area contributed by atoms with Crippen LogP contribution in [-0.2, 0) is 11.2 Å². The molecule has 78 valence electrons. The van der Waals surface area contributed by atoms with Gasteiger partial charge in [0, 0.05) is 12.2 Å². The van der Waals surface area contributed by atoms with E-state index in [-0.39, 0.29) is 6.42 Å². The van der Waals surface area contributed by atoms with Gasteiger partial charge in [-0.15, -0.1) is 0 Å². The summed E-state index contributed by atoms with van der Waals surface area (Å²) in [6.07, 6.45) is 2.11. The van der Waals surface area contributed by atoms with Crippen molar-refractivity contribution >= 4 is 29.3 Å². The average Bonchev–Trinajstić information content (AvgIpc) is 2.53. The van der Waals surface area contributed by atoms with Crippen molar-refractivity contribution in [1.29, 1.82) is 0 Å². The summed E-state index contributed by atoms with van der Waals surface area (Å²) in [5.74, 6) is 0.668. The largest absolute Gasteiger partial charge is 0.481 e. The third-order valence-electron chi connectivity index (χ3n) is 1.46. The zero-order valence-electron chi connectivity index (χ0n) is 7.89. The molecule has 14 heavy (non-hydrogen) atoms. The fourth-order valence-corrected chi connectivity index (χ4v) is 2.50. The molecule has 0 atom stereocenters. The normalized spacial score (nSPS) is 10.4. The molecular weight excluding hydrogens is 220 g/mol. The third kappa shape index (κ3) is 4.06. The number of hydrogen-bond acceptors (Lipinski definition) is 5. The molecule has 1 aromatic rings. The Hall–Kier alpha value is -0.620. The van der Waals surface area contributed by atoms with Crippen molar-refractivity contribution in [2.24, 2.45) is 0 Å². The van der Waals surface area contributed by atoms with Gasteiger partial charge in [-0.25, -0.2) is 4.98 Å². The van der Waals surface area contributed by atoms with E-state index in [2.05, 4.69) is 16.3 Å². The van der Waals surface area contributed by atoms with E-state index >= 15 is 0 Å². The molecule has 0 unspecified atom stereocenters. The number of aromatic nitrogens is 2. The number of carboxylic acid groups (broad SMARTS) is 1. The lowest BCUT2D eigenvalue weighted by atomic mass is 10.3. The van der Waals surface area contributed by atoms with Gasteiger partial charge in [-0.3, -0.25) is 4.79 Å². The minimum atomic E-state index is -0.768. The smallest absolute Gasteiger partial charge is 0.304 e. The maximum atomic E-state index is 10.3. The summed E-state index contributed by atoms with van der Waals surface area (Å²) in [7, 11) is 0. The van der Waals surface area contributed by atoms with Crippen LogP contribution in [0.2, 0.25) is 0 Å². The van der Waals surface area contributed by atoms with Crippen LogP contribution in [0, 0.1) is 0 Å². The predicted molar refractivity (Wildman–Crippen MR) is 56.9 cm³/mol. The van der Waals surface area contributed by atoms with E-state index in [0.717, 1.165) is 23.0 Å². The number of rotatable bonds is 6. The number of nitrogens with zero attached hydrogens (tertiary/aromatic N) is 2. The molecule has 0 bridgehead atoms. The van der Waals surface area contributed by atoms with E-state index in [1.165, 1.54) is 23.3 Å². The molecule has 6 heteroatoms. The summed E-state index contributed by atoms with van der Waals surface area (Å²) in [5, 5.41) is 8.43. The van der Waals surface area contributed by atoms with Crippen LogP contribution in [0.15, 0.2) is 4.34 Å². The van der Waals surface area contributed by atoms with Gasteiger partial charge in [0.05, 0.1) is 6.42 Å². The van der Waals surface area contributed by atoms with E-state index in [0.29, 0.717) is 5.75 Å². The lowest BCUT2D eigenvalue weighted by molar-refractivity contribution is -0.136. The zero-order valence-corrected chi connectivity index (χ0v) is 9.53. The summed E-state index contributed by atoms with van der Waals surface area (Å²) < 4.78 is 5.04. The molecule has 1 N–H and O–H groups in total. The first kappa shape index (κ1) is 11.5. The van der Waals surface area contributed by atoms with Crippen LogP contribution in [0.25, 0.3) is 0 Å². The van der Waals surface area contributed by atoms with Gasteiger partial charge in [0.15, 0.2) is 4.34 Å². The Balaban J connectivity index is 2.32. The molecule has 0 amide bonds. The van der Waals surface area contributed by atoms with Crippen molar-refractivity contribution in [3.63, 3.8) is 0 Å². The van der Waals surface area contributed by atoms with Crippen LogP contribution in [0.4, 0.5) is 0 Å². The van der Waals surface area contributed by atoms with Crippen molar-refractivity contribution in [1.82, 2.24) is 9.36 Å². The van der Waals surface area contributed by atoms with E-state index in [1.54, 1.807) is 0 Å². The molecule has 0 aliphatic carbocycles. The van der Waals surface area contributed by atoms with E-state index in [4.69, 9.17) is 5.11 Å². The second kappa shape index (κ2) is 5.98. The summed E-state index contributed by atoms with van der Waals surface area (Å²) >= 11 is 2.81. The van der Waals surface area contributed by atoms with Crippen LogP contribution in [0.5, 0.6) is 0 Å². The van der Waals surface area contributed by atoms with Crippen molar-refractivity contribution in [3.8, 4) is 0 Å². The summed E-state index contributed by atoms with van der Waals surface area (Å²) in [5.41, 5.74) is 0. The van der Waals surface area contributed by atoms with Gasteiger partial charge < -0.3 is 5.11 Å². The van der Waals surface area contributed by atoms with Gasteiger partial charge in [0.2, 0.25) is 0 Å². The molecule has 0 aliphatic rings. The quantitative estimate of drug-likeness (QED) is 0.761. The molecule has 0 fully saturated rings. The molecule has 0 saturated heterocycles. The first-order chi connectivity index (χ1) is 6.72. The topological polar surface area (TPSA) is 63.1 Å². The number of aryl methyl sites for hydroxylation is 1. The van der Waals surface area contributed by atoms with Gasteiger partial charge in [-0.2, -0.15) is 4.37 Å². The molecule has 0 spiro atoms. The van der Waals surface area contributed by atoms with Gasteiger partial charge in [0.25, 0.3) is 0 Å². The first-order valence-corrected chi connectivity index (χ1v) is 6.15. The van der Waals surface area contributed by atoms with Crippen LogP contribution >= 0.6 is 23.3 Å². The second-order valence-electron chi connectivity index (χ2n) is 2.72. The number of thioether (sulfide) groups is 1. The highest BCUT2D eigenvalue weighted by atomic mass is 32.2. The number of hydrogen-bond donors (Lipinski definition) is 1. The van der Waals surface area contributed by atoms with Crippen molar-refractivity contribution < 1.29 is 9.90 Å². The highest BCUT2D eigenvalue weighted by molar-refractivity contribution is 8.00. The van der Waals surface area contributed by atoms with Gasteiger partial charge in [-0.05, 0) is 18.0 Å². The molecule has 0 saturated carbocycles. The minimum Gasteiger partial charge on any atom is -0.481 e. The maximum Gasteiger partial charge on any atom is 0.304 e. The Morgan fingerprint density at radius 3 is 3.07 bits per heavy atom.